The summed E-state index contributed by atoms with van der Waals surface area (Å²) in [6.45, 7) is 6.13. The Morgan fingerprint density at radius 3 is 2.44 bits per heavy atom. The van der Waals surface area contributed by atoms with Crippen LogP contribution in [0.2, 0.25) is 5.02 Å². The van der Waals surface area contributed by atoms with E-state index >= 15 is 0 Å². The highest BCUT2D eigenvalue weighted by Gasteiger charge is 2.18. The summed E-state index contributed by atoms with van der Waals surface area (Å²) in [6.07, 6.45) is 0. The van der Waals surface area contributed by atoms with Crippen LogP contribution in [0.15, 0.2) is 60.7 Å². The maximum absolute atomic E-state index is 6.45. The Balaban J connectivity index is 1.84. The number of rotatable bonds is 4. The van der Waals surface area contributed by atoms with Gasteiger partial charge in [0.15, 0.2) is 5.65 Å². The maximum Gasteiger partial charge on any atom is 0.165 e. The van der Waals surface area contributed by atoms with Crippen molar-refractivity contribution in [1.82, 2.24) is 14.6 Å². The van der Waals surface area contributed by atoms with Gasteiger partial charge in [-0.15, -0.1) is 0 Å². The average molecular weight is 377 g/mol. The zero-order valence-electron chi connectivity index (χ0n) is 15.6. The minimum atomic E-state index is 0.143. The van der Waals surface area contributed by atoms with Crippen LogP contribution in [0, 0.1) is 13.8 Å². The lowest BCUT2D eigenvalue weighted by Crippen LogP contribution is -2.11. The molecule has 0 saturated heterocycles. The predicted molar refractivity (Wildman–Crippen MR) is 111 cm³/mol. The van der Waals surface area contributed by atoms with Gasteiger partial charge in [0.2, 0.25) is 0 Å². The van der Waals surface area contributed by atoms with Crippen molar-refractivity contribution < 1.29 is 0 Å². The van der Waals surface area contributed by atoms with Gasteiger partial charge in [-0.2, -0.15) is 9.61 Å². The number of hydrogen-bond donors (Lipinski definition) is 1. The van der Waals surface area contributed by atoms with Crippen molar-refractivity contribution in [2.24, 2.45) is 0 Å². The second kappa shape index (κ2) is 7.05. The molecule has 4 aromatic rings. The molecule has 2 aromatic heterocycles. The summed E-state index contributed by atoms with van der Waals surface area (Å²) in [5.74, 6) is 0.912. The summed E-state index contributed by atoms with van der Waals surface area (Å²) in [4.78, 5) is 4.76. The topological polar surface area (TPSA) is 42.2 Å². The number of hydrogen-bond acceptors (Lipinski definition) is 3. The van der Waals surface area contributed by atoms with E-state index in [-0.39, 0.29) is 6.04 Å². The Hall–Kier alpha value is -2.85. The summed E-state index contributed by atoms with van der Waals surface area (Å²) in [6, 6.07) is 20.3. The van der Waals surface area contributed by atoms with Crippen molar-refractivity contribution in [3.05, 3.63) is 82.6 Å². The molecule has 0 bridgehead atoms. The standard InChI is InChI=1S/C22H21ClN4/c1-14-13-20(25-15(2)17-9-5-4-6-10-17)27-22(24-14)21(16(3)26-27)18-11-7-8-12-19(18)23/h4-13,15,25H,1-3H3. The molecule has 0 aliphatic carbocycles. The first kappa shape index (κ1) is 17.6. The van der Waals surface area contributed by atoms with Crippen LogP contribution >= 0.6 is 11.6 Å². The van der Waals surface area contributed by atoms with Crippen molar-refractivity contribution in [3.8, 4) is 11.1 Å². The Labute approximate surface area is 163 Å². The molecule has 0 fully saturated rings. The average Bonchev–Trinajstić information content (AvgIpc) is 2.99. The zero-order chi connectivity index (χ0) is 19.0. The molecule has 136 valence electrons. The van der Waals surface area contributed by atoms with E-state index in [1.165, 1.54) is 5.56 Å². The molecule has 27 heavy (non-hydrogen) atoms. The number of halogens is 1. The minimum absolute atomic E-state index is 0.143. The molecule has 5 heteroatoms. The SMILES string of the molecule is Cc1cc(NC(C)c2ccccc2)n2nc(C)c(-c3ccccc3Cl)c2n1. The van der Waals surface area contributed by atoms with Crippen LogP contribution < -0.4 is 5.32 Å². The second-order valence-electron chi connectivity index (χ2n) is 6.74. The van der Waals surface area contributed by atoms with Crippen LogP contribution in [0.25, 0.3) is 16.8 Å². The molecule has 1 atom stereocenters. The van der Waals surface area contributed by atoms with Gasteiger partial charge in [-0.05, 0) is 32.4 Å². The monoisotopic (exact) mass is 376 g/mol. The van der Waals surface area contributed by atoms with Crippen LogP contribution in [0.1, 0.15) is 29.9 Å². The molecule has 1 N–H and O–H groups in total. The van der Waals surface area contributed by atoms with Gasteiger partial charge in [0, 0.05) is 28.4 Å². The lowest BCUT2D eigenvalue weighted by atomic mass is 10.1. The lowest BCUT2D eigenvalue weighted by Gasteiger charge is -2.17. The first-order chi connectivity index (χ1) is 13.0. The molecule has 1 unspecified atom stereocenters. The quantitative estimate of drug-likeness (QED) is 0.486. The molecule has 0 aliphatic heterocycles. The number of fused-ring (bicyclic) bond motifs is 1. The van der Waals surface area contributed by atoms with Gasteiger partial charge in [0.1, 0.15) is 5.82 Å². The molecule has 0 amide bonds. The highest BCUT2D eigenvalue weighted by atomic mass is 35.5. The smallest absolute Gasteiger partial charge is 0.165 e. The molecular weight excluding hydrogens is 356 g/mol. The third kappa shape index (κ3) is 3.28. The molecule has 0 aliphatic rings. The van der Waals surface area contributed by atoms with Crippen LogP contribution in [-0.4, -0.2) is 14.6 Å². The van der Waals surface area contributed by atoms with E-state index in [4.69, 9.17) is 21.7 Å². The highest BCUT2D eigenvalue weighted by molar-refractivity contribution is 6.33. The maximum atomic E-state index is 6.45. The van der Waals surface area contributed by atoms with E-state index in [0.717, 1.165) is 34.0 Å². The third-order valence-corrected chi connectivity index (χ3v) is 5.03. The van der Waals surface area contributed by atoms with Crippen molar-refractivity contribution in [2.45, 2.75) is 26.8 Å². The number of anilines is 1. The van der Waals surface area contributed by atoms with Gasteiger partial charge in [-0.1, -0.05) is 60.1 Å². The number of nitrogens with one attached hydrogen (secondary N) is 1. The lowest BCUT2D eigenvalue weighted by molar-refractivity contribution is 0.833. The molecule has 2 aromatic carbocycles. The van der Waals surface area contributed by atoms with Gasteiger partial charge in [-0.3, -0.25) is 0 Å². The first-order valence-corrected chi connectivity index (χ1v) is 9.36. The normalized spacial score (nSPS) is 12.3. The fourth-order valence-electron chi connectivity index (χ4n) is 3.37. The fourth-order valence-corrected chi connectivity index (χ4v) is 3.60. The van der Waals surface area contributed by atoms with Crippen molar-refractivity contribution in [1.29, 1.82) is 0 Å². The van der Waals surface area contributed by atoms with E-state index < -0.39 is 0 Å². The zero-order valence-corrected chi connectivity index (χ0v) is 16.3. The van der Waals surface area contributed by atoms with E-state index in [0.29, 0.717) is 5.02 Å². The first-order valence-electron chi connectivity index (χ1n) is 8.98. The van der Waals surface area contributed by atoms with E-state index in [1.807, 2.05) is 54.8 Å². The Morgan fingerprint density at radius 1 is 1.00 bits per heavy atom. The fraction of sp³-hybridized carbons (Fsp3) is 0.182. The van der Waals surface area contributed by atoms with E-state index in [2.05, 4.69) is 36.5 Å². The molecular formula is C22H21ClN4. The summed E-state index contributed by atoms with van der Waals surface area (Å²) in [5.41, 5.74) is 5.78. The molecule has 0 radical (unpaired) electrons. The van der Waals surface area contributed by atoms with Gasteiger partial charge < -0.3 is 5.32 Å². The molecule has 2 heterocycles. The van der Waals surface area contributed by atoms with Gasteiger partial charge in [0.25, 0.3) is 0 Å². The predicted octanol–water partition coefficient (Wildman–Crippen LogP) is 5.84. The van der Waals surface area contributed by atoms with Gasteiger partial charge >= 0.3 is 0 Å². The van der Waals surface area contributed by atoms with Crippen LogP contribution in [-0.2, 0) is 0 Å². The van der Waals surface area contributed by atoms with Crippen LogP contribution in [0.5, 0.6) is 0 Å². The molecule has 4 nitrogen and oxygen atoms in total. The minimum Gasteiger partial charge on any atom is -0.363 e. The number of benzene rings is 2. The van der Waals surface area contributed by atoms with Gasteiger partial charge in [0.05, 0.1) is 11.3 Å². The summed E-state index contributed by atoms with van der Waals surface area (Å²) >= 11 is 6.45. The third-order valence-electron chi connectivity index (χ3n) is 4.70. The van der Waals surface area contributed by atoms with Crippen molar-refractivity contribution in [2.75, 3.05) is 5.32 Å². The van der Waals surface area contributed by atoms with E-state index in [9.17, 15) is 0 Å². The summed E-state index contributed by atoms with van der Waals surface area (Å²) in [7, 11) is 0. The number of nitrogens with zero attached hydrogens (tertiary/aromatic N) is 3. The molecule has 4 rings (SSSR count). The van der Waals surface area contributed by atoms with Crippen molar-refractivity contribution >= 4 is 23.1 Å². The summed E-state index contributed by atoms with van der Waals surface area (Å²) in [5, 5.41) is 9.03. The Kier molecular flexibility index (Phi) is 4.58. The number of aromatic nitrogens is 3. The van der Waals surface area contributed by atoms with Gasteiger partial charge in [-0.25, -0.2) is 4.98 Å². The Morgan fingerprint density at radius 2 is 1.70 bits per heavy atom. The molecule has 0 saturated carbocycles. The van der Waals surface area contributed by atoms with E-state index in [1.54, 1.807) is 0 Å². The Bertz CT molecular complexity index is 1100. The molecule has 0 spiro atoms. The summed E-state index contributed by atoms with van der Waals surface area (Å²) < 4.78 is 1.88. The van der Waals surface area contributed by atoms with Crippen LogP contribution in [0.3, 0.4) is 0 Å². The highest BCUT2D eigenvalue weighted by Crippen LogP contribution is 2.34. The van der Waals surface area contributed by atoms with Crippen molar-refractivity contribution in [3.63, 3.8) is 0 Å². The largest absolute Gasteiger partial charge is 0.363 e. The number of aryl methyl sites for hydroxylation is 2. The second-order valence-corrected chi connectivity index (χ2v) is 7.14. The van der Waals surface area contributed by atoms with Crippen LogP contribution in [0.4, 0.5) is 5.82 Å².